The first-order valence-electron chi connectivity index (χ1n) is 9.41. The number of phenols is 1. The van der Waals surface area contributed by atoms with Crippen LogP contribution < -0.4 is 0 Å². The lowest BCUT2D eigenvalue weighted by Crippen LogP contribution is -2.35. The van der Waals surface area contributed by atoms with E-state index in [9.17, 15) is 9.90 Å². The van der Waals surface area contributed by atoms with E-state index in [1.165, 1.54) is 5.56 Å². The van der Waals surface area contributed by atoms with Gasteiger partial charge in [-0.05, 0) is 48.2 Å². The number of carbonyl (C=O) groups is 1. The molecule has 0 aliphatic carbocycles. The predicted molar refractivity (Wildman–Crippen MR) is 104 cm³/mol. The number of benzene rings is 2. The van der Waals surface area contributed by atoms with Crippen LogP contribution in [0.1, 0.15) is 29.5 Å². The molecule has 0 bridgehead atoms. The van der Waals surface area contributed by atoms with Crippen molar-refractivity contribution in [3.63, 3.8) is 0 Å². The lowest BCUT2D eigenvalue weighted by atomic mass is 10.1. The average Bonchev–Trinajstić information content (AvgIpc) is 2.93. The normalized spacial score (nSPS) is 15.1. The molecule has 0 spiro atoms. The zero-order valence-corrected chi connectivity index (χ0v) is 15.5. The molecule has 2 aromatic carbocycles. The van der Waals surface area contributed by atoms with E-state index in [0.717, 1.165) is 44.7 Å². The Hall–Kier alpha value is -2.84. The minimum absolute atomic E-state index is 0.197. The Morgan fingerprint density at radius 1 is 0.963 bits per heavy atom. The third-order valence-electron chi connectivity index (χ3n) is 4.99. The van der Waals surface area contributed by atoms with Crippen molar-refractivity contribution in [1.29, 1.82) is 5.26 Å². The van der Waals surface area contributed by atoms with Crippen molar-refractivity contribution >= 4 is 5.91 Å². The monoisotopic (exact) mass is 363 g/mol. The van der Waals surface area contributed by atoms with Crippen LogP contribution in [0.3, 0.4) is 0 Å². The van der Waals surface area contributed by atoms with E-state index in [1.807, 2.05) is 41.3 Å². The molecule has 1 amide bonds. The Balaban J connectivity index is 1.47. The molecule has 0 aromatic heterocycles. The van der Waals surface area contributed by atoms with Gasteiger partial charge in [-0.25, -0.2) is 0 Å². The summed E-state index contributed by atoms with van der Waals surface area (Å²) in [5.41, 5.74) is 2.94. The van der Waals surface area contributed by atoms with E-state index in [1.54, 1.807) is 12.1 Å². The fourth-order valence-electron chi connectivity index (χ4n) is 3.39. The summed E-state index contributed by atoms with van der Waals surface area (Å²) >= 11 is 0. The summed E-state index contributed by atoms with van der Waals surface area (Å²) in [5.74, 6) is 0.447. The van der Waals surface area contributed by atoms with Gasteiger partial charge in [-0.2, -0.15) is 5.26 Å². The highest BCUT2D eigenvalue weighted by Crippen LogP contribution is 2.14. The third kappa shape index (κ3) is 5.57. The number of carbonyl (C=O) groups excluding carboxylic acids is 1. The second-order valence-electron chi connectivity index (χ2n) is 6.99. The molecule has 5 nitrogen and oxygen atoms in total. The van der Waals surface area contributed by atoms with Gasteiger partial charge in [0.25, 0.3) is 0 Å². The molecule has 0 unspecified atom stereocenters. The van der Waals surface area contributed by atoms with Crippen LogP contribution >= 0.6 is 0 Å². The second-order valence-corrected chi connectivity index (χ2v) is 6.99. The van der Waals surface area contributed by atoms with E-state index >= 15 is 0 Å². The molecule has 0 saturated carbocycles. The SMILES string of the molecule is N#Cc1ccc(CN2CCCN(C(=O)CCc3ccc(O)cc3)CC2)cc1. The molecule has 0 radical (unpaired) electrons. The lowest BCUT2D eigenvalue weighted by Gasteiger charge is -2.22. The molecule has 5 heteroatoms. The summed E-state index contributed by atoms with van der Waals surface area (Å²) < 4.78 is 0. The van der Waals surface area contributed by atoms with Crippen LogP contribution in [-0.2, 0) is 17.8 Å². The fourth-order valence-corrected chi connectivity index (χ4v) is 3.39. The van der Waals surface area contributed by atoms with Gasteiger partial charge in [0.1, 0.15) is 5.75 Å². The molecule has 3 rings (SSSR count). The summed E-state index contributed by atoms with van der Waals surface area (Å²) in [6, 6.07) is 16.9. The molecular formula is C22H25N3O2. The minimum Gasteiger partial charge on any atom is -0.508 e. The number of phenolic OH excluding ortho intramolecular Hbond substituents is 1. The number of amides is 1. The van der Waals surface area contributed by atoms with Crippen LogP contribution in [0.4, 0.5) is 0 Å². The van der Waals surface area contributed by atoms with Gasteiger partial charge in [-0.1, -0.05) is 24.3 Å². The van der Waals surface area contributed by atoms with Gasteiger partial charge in [0.15, 0.2) is 0 Å². The number of hydrogen-bond donors (Lipinski definition) is 1. The first-order chi connectivity index (χ1) is 13.1. The van der Waals surface area contributed by atoms with Crippen LogP contribution in [0.2, 0.25) is 0 Å². The van der Waals surface area contributed by atoms with Gasteiger partial charge in [0.2, 0.25) is 5.91 Å². The lowest BCUT2D eigenvalue weighted by molar-refractivity contribution is -0.131. The highest BCUT2D eigenvalue weighted by atomic mass is 16.3. The minimum atomic E-state index is 0.197. The summed E-state index contributed by atoms with van der Waals surface area (Å²) in [5, 5.41) is 18.2. The zero-order chi connectivity index (χ0) is 19.1. The van der Waals surface area contributed by atoms with E-state index in [-0.39, 0.29) is 11.7 Å². The Morgan fingerprint density at radius 2 is 1.67 bits per heavy atom. The number of rotatable bonds is 5. The maximum absolute atomic E-state index is 12.6. The molecule has 1 aliphatic rings. The standard InChI is InChI=1S/C22H25N3O2/c23-16-19-2-4-20(5-3-19)17-24-12-1-13-25(15-14-24)22(27)11-8-18-6-9-21(26)10-7-18/h2-7,9-10,26H,1,8,11-15,17H2. The van der Waals surface area contributed by atoms with Gasteiger partial charge in [-0.15, -0.1) is 0 Å². The molecular weight excluding hydrogens is 338 g/mol. The molecule has 27 heavy (non-hydrogen) atoms. The topological polar surface area (TPSA) is 67.6 Å². The highest BCUT2D eigenvalue weighted by molar-refractivity contribution is 5.76. The Bertz CT molecular complexity index is 794. The highest BCUT2D eigenvalue weighted by Gasteiger charge is 2.19. The van der Waals surface area contributed by atoms with Crippen molar-refractivity contribution in [2.24, 2.45) is 0 Å². The van der Waals surface area contributed by atoms with E-state index < -0.39 is 0 Å². The number of aryl methyl sites for hydroxylation is 1. The van der Waals surface area contributed by atoms with Crippen molar-refractivity contribution in [2.45, 2.75) is 25.8 Å². The van der Waals surface area contributed by atoms with E-state index in [2.05, 4.69) is 11.0 Å². The van der Waals surface area contributed by atoms with Gasteiger partial charge >= 0.3 is 0 Å². The van der Waals surface area contributed by atoms with Gasteiger partial charge < -0.3 is 10.0 Å². The van der Waals surface area contributed by atoms with Gasteiger partial charge in [0, 0.05) is 39.1 Å². The number of aromatic hydroxyl groups is 1. The molecule has 1 fully saturated rings. The number of nitriles is 1. The molecule has 0 atom stereocenters. The van der Waals surface area contributed by atoms with Crippen LogP contribution in [0, 0.1) is 11.3 Å². The van der Waals surface area contributed by atoms with Crippen molar-refractivity contribution < 1.29 is 9.90 Å². The number of hydrogen-bond acceptors (Lipinski definition) is 4. The first kappa shape index (κ1) is 18.9. The first-order valence-corrected chi connectivity index (χ1v) is 9.41. The van der Waals surface area contributed by atoms with Gasteiger partial charge in [0.05, 0.1) is 11.6 Å². The molecule has 1 heterocycles. The van der Waals surface area contributed by atoms with Crippen LogP contribution in [0.25, 0.3) is 0 Å². The largest absolute Gasteiger partial charge is 0.508 e. The molecule has 1 N–H and O–H groups in total. The van der Waals surface area contributed by atoms with Crippen molar-refractivity contribution in [3.8, 4) is 11.8 Å². The smallest absolute Gasteiger partial charge is 0.222 e. The maximum atomic E-state index is 12.6. The average molecular weight is 363 g/mol. The Labute approximate surface area is 160 Å². The van der Waals surface area contributed by atoms with Crippen LogP contribution in [0.5, 0.6) is 5.75 Å². The summed E-state index contributed by atoms with van der Waals surface area (Å²) in [4.78, 5) is 16.9. The van der Waals surface area contributed by atoms with E-state index in [4.69, 9.17) is 5.26 Å². The Kier molecular flexibility index (Phi) is 6.45. The molecule has 140 valence electrons. The van der Waals surface area contributed by atoms with Crippen LogP contribution in [-0.4, -0.2) is 47.0 Å². The molecule has 1 aliphatic heterocycles. The van der Waals surface area contributed by atoms with Gasteiger partial charge in [-0.3, -0.25) is 9.69 Å². The quantitative estimate of drug-likeness (QED) is 0.887. The summed E-state index contributed by atoms with van der Waals surface area (Å²) in [6.45, 7) is 4.25. The zero-order valence-electron chi connectivity index (χ0n) is 15.5. The van der Waals surface area contributed by atoms with Crippen LogP contribution in [0.15, 0.2) is 48.5 Å². The molecule has 1 saturated heterocycles. The third-order valence-corrected chi connectivity index (χ3v) is 4.99. The fraction of sp³-hybridized carbons (Fsp3) is 0.364. The van der Waals surface area contributed by atoms with Crippen molar-refractivity contribution in [3.05, 3.63) is 65.2 Å². The van der Waals surface area contributed by atoms with E-state index in [0.29, 0.717) is 18.4 Å². The van der Waals surface area contributed by atoms with Crippen molar-refractivity contribution in [1.82, 2.24) is 9.80 Å². The number of nitrogens with zero attached hydrogens (tertiary/aromatic N) is 3. The maximum Gasteiger partial charge on any atom is 0.222 e. The molecule has 2 aromatic rings. The Morgan fingerprint density at radius 3 is 2.37 bits per heavy atom. The van der Waals surface area contributed by atoms with Crippen molar-refractivity contribution in [2.75, 3.05) is 26.2 Å². The second kappa shape index (κ2) is 9.20. The summed E-state index contributed by atoms with van der Waals surface area (Å²) in [7, 11) is 0. The predicted octanol–water partition coefficient (Wildman–Crippen LogP) is 2.93. The summed E-state index contributed by atoms with van der Waals surface area (Å²) in [6.07, 6.45) is 2.17.